The zero-order valence-electron chi connectivity index (χ0n) is 10.7. The largest absolute Gasteiger partial charge is 0.375 e. The van der Waals surface area contributed by atoms with Crippen molar-refractivity contribution in [1.82, 2.24) is 10.6 Å². The number of benzene rings is 1. The third-order valence-corrected chi connectivity index (χ3v) is 3.03. The Morgan fingerprint density at radius 2 is 2.22 bits per heavy atom. The van der Waals surface area contributed by atoms with Crippen LogP contribution in [0.3, 0.4) is 0 Å². The van der Waals surface area contributed by atoms with Crippen molar-refractivity contribution in [3.8, 4) is 0 Å². The van der Waals surface area contributed by atoms with Crippen LogP contribution in [0.4, 0.5) is 0 Å². The van der Waals surface area contributed by atoms with E-state index in [9.17, 15) is 4.79 Å². The molecule has 1 saturated heterocycles. The molecule has 1 fully saturated rings. The highest BCUT2D eigenvalue weighted by atomic mass is 16.5. The minimum Gasteiger partial charge on any atom is -0.375 e. The summed E-state index contributed by atoms with van der Waals surface area (Å²) in [6.45, 7) is 4.96. The van der Waals surface area contributed by atoms with E-state index in [1.54, 1.807) is 0 Å². The molecule has 1 aliphatic heterocycles. The lowest BCUT2D eigenvalue weighted by molar-refractivity contribution is -0.124. The van der Waals surface area contributed by atoms with Crippen molar-refractivity contribution in [3.63, 3.8) is 0 Å². The van der Waals surface area contributed by atoms with E-state index in [2.05, 4.69) is 29.7 Å². The van der Waals surface area contributed by atoms with Crippen LogP contribution in [-0.4, -0.2) is 31.7 Å². The Morgan fingerprint density at radius 1 is 1.44 bits per heavy atom. The molecule has 2 N–H and O–H groups in total. The number of carbonyl (C=O) groups is 1. The minimum atomic E-state index is 0.0109. The van der Waals surface area contributed by atoms with E-state index < -0.39 is 0 Å². The average Bonchev–Trinajstić information content (AvgIpc) is 2.39. The second kappa shape index (κ2) is 6.52. The van der Waals surface area contributed by atoms with Gasteiger partial charge in [-0.05, 0) is 12.5 Å². The number of ether oxygens (including phenoxy) is 1. The van der Waals surface area contributed by atoms with Crippen molar-refractivity contribution >= 4 is 5.91 Å². The van der Waals surface area contributed by atoms with E-state index in [4.69, 9.17) is 4.74 Å². The van der Waals surface area contributed by atoms with E-state index in [0.29, 0.717) is 19.6 Å². The molecule has 98 valence electrons. The molecule has 4 heteroatoms. The third kappa shape index (κ3) is 4.13. The lowest BCUT2D eigenvalue weighted by Crippen LogP contribution is -2.41. The van der Waals surface area contributed by atoms with E-state index in [-0.39, 0.29) is 12.0 Å². The first-order chi connectivity index (χ1) is 8.74. The van der Waals surface area contributed by atoms with Crippen LogP contribution in [0.15, 0.2) is 24.3 Å². The molecule has 1 unspecified atom stereocenters. The highest BCUT2D eigenvalue weighted by molar-refractivity contribution is 5.76. The van der Waals surface area contributed by atoms with Gasteiger partial charge < -0.3 is 15.4 Å². The van der Waals surface area contributed by atoms with Gasteiger partial charge in [-0.2, -0.15) is 0 Å². The number of hydrogen-bond acceptors (Lipinski definition) is 3. The third-order valence-electron chi connectivity index (χ3n) is 3.03. The monoisotopic (exact) mass is 248 g/mol. The highest BCUT2D eigenvalue weighted by Crippen LogP contribution is 2.04. The van der Waals surface area contributed by atoms with E-state index in [1.807, 2.05) is 12.1 Å². The smallest absolute Gasteiger partial charge is 0.222 e. The Labute approximate surface area is 108 Å². The first kappa shape index (κ1) is 13.1. The van der Waals surface area contributed by atoms with Crippen LogP contribution in [0.1, 0.15) is 17.5 Å². The quantitative estimate of drug-likeness (QED) is 0.835. The van der Waals surface area contributed by atoms with Crippen molar-refractivity contribution in [2.75, 3.05) is 19.7 Å². The van der Waals surface area contributed by atoms with Crippen molar-refractivity contribution < 1.29 is 9.53 Å². The second-order valence-electron chi connectivity index (χ2n) is 4.66. The molecule has 1 heterocycles. The maximum absolute atomic E-state index is 11.7. The fourth-order valence-electron chi connectivity index (χ4n) is 1.94. The molecule has 1 aliphatic rings. The lowest BCUT2D eigenvalue weighted by Gasteiger charge is -2.23. The molecular weight excluding hydrogens is 228 g/mol. The van der Waals surface area contributed by atoms with E-state index in [0.717, 1.165) is 18.7 Å². The van der Waals surface area contributed by atoms with Crippen molar-refractivity contribution in [3.05, 3.63) is 35.4 Å². The summed E-state index contributed by atoms with van der Waals surface area (Å²) in [7, 11) is 0. The standard InChI is InChI=1S/C14H20N2O2/c1-11-2-4-12(5-3-11)9-16-14(17)8-13-10-15-6-7-18-13/h2-5,13,15H,6-10H2,1H3,(H,16,17). The molecule has 0 saturated carbocycles. The summed E-state index contributed by atoms with van der Waals surface area (Å²) < 4.78 is 5.49. The molecule has 0 aromatic heterocycles. The Morgan fingerprint density at radius 3 is 2.89 bits per heavy atom. The van der Waals surface area contributed by atoms with Crippen molar-refractivity contribution in [2.24, 2.45) is 0 Å². The van der Waals surface area contributed by atoms with Crippen LogP contribution in [-0.2, 0) is 16.1 Å². The maximum atomic E-state index is 11.7. The fourth-order valence-corrected chi connectivity index (χ4v) is 1.94. The van der Waals surface area contributed by atoms with Crippen molar-refractivity contribution in [2.45, 2.75) is 26.0 Å². The van der Waals surface area contributed by atoms with Gasteiger partial charge in [0.05, 0.1) is 19.1 Å². The number of nitrogens with one attached hydrogen (secondary N) is 2. The first-order valence-electron chi connectivity index (χ1n) is 6.38. The van der Waals surface area contributed by atoms with E-state index >= 15 is 0 Å². The summed E-state index contributed by atoms with van der Waals surface area (Å²) in [5.74, 6) is 0.0456. The molecule has 0 spiro atoms. The molecule has 18 heavy (non-hydrogen) atoms. The van der Waals surface area contributed by atoms with Gasteiger partial charge in [-0.3, -0.25) is 4.79 Å². The van der Waals surface area contributed by atoms with Crippen LogP contribution in [0.5, 0.6) is 0 Å². The molecule has 1 amide bonds. The van der Waals surface area contributed by atoms with Crippen LogP contribution >= 0.6 is 0 Å². The van der Waals surface area contributed by atoms with E-state index in [1.165, 1.54) is 5.56 Å². The van der Waals surface area contributed by atoms with Crippen LogP contribution in [0, 0.1) is 6.92 Å². The Balaban J connectivity index is 1.72. The Kier molecular flexibility index (Phi) is 4.73. The van der Waals surface area contributed by atoms with Crippen LogP contribution in [0.2, 0.25) is 0 Å². The summed E-state index contributed by atoms with van der Waals surface area (Å²) in [6, 6.07) is 8.17. The van der Waals surface area contributed by atoms with Gasteiger partial charge in [0.25, 0.3) is 0 Å². The summed E-state index contributed by atoms with van der Waals surface area (Å²) in [5, 5.41) is 6.13. The summed E-state index contributed by atoms with van der Waals surface area (Å²) in [6.07, 6.45) is 0.440. The number of carbonyl (C=O) groups excluding carboxylic acids is 1. The SMILES string of the molecule is Cc1ccc(CNC(=O)CC2CNCCO2)cc1. The second-order valence-corrected chi connectivity index (χ2v) is 4.66. The van der Waals surface area contributed by atoms with Crippen molar-refractivity contribution in [1.29, 1.82) is 0 Å². The molecule has 0 aliphatic carbocycles. The zero-order chi connectivity index (χ0) is 12.8. The minimum absolute atomic E-state index is 0.0109. The van der Waals surface area contributed by atoms with Crippen LogP contribution in [0.25, 0.3) is 0 Å². The van der Waals surface area contributed by atoms with Gasteiger partial charge in [0.15, 0.2) is 0 Å². The predicted molar refractivity (Wildman–Crippen MR) is 70.3 cm³/mol. The fraction of sp³-hybridized carbons (Fsp3) is 0.500. The maximum Gasteiger partial charge on any atom is 0.222 e. The number of hydrogen-bond donors (Lipinski definition) is 2. The Bertz CT molecular complexity index is 383. The average molecular weight is 248 g/mol. The number of morpholine rings is 1. The molecule has 0 bridgehead atoms. The molecule has 2 rings (SSSR count). The first-order valence-corrected chi connectivity index (χ1v) is 6.38. The summed E-state index contributed by atoms with van der Waals surface area (Å²) >= 11 is 0. The number of aryl methyl sites for hydroxylation is 1. The van der Waals surface area contributed by atoms with Gasteiger partial charge in [-0.15, -0.1) is 0 Å². The molecule has 1 atom stereocenters. The topological polar surface area (TPSA) is 50.4 Å². The van der Waals surface area contributed by atoms with Gasteiger partial charge in [0.1, 0.15) is 0 Å². The number of rotatable bonds is 4. The molecule has 0 radical (unpaired) electrons. The summed E-state index contributed by atoms with van der Waals surface area (Å²) in [5.41, 5.74) is 2.35. The van der Waals surface area contributed by atoms with Gasteiger partial charge in [-0.1, -0.05) is 29.8 Å². The molecule has 1 aromatic carbocycles. The lowest BCUT2D eigenvalue weighted by atomic mass is 10.1. The van der Waals surface area contributed by atoms with Crippen LogP contribution < -0.4 is 10.6 Å². The zero-order valence-corrected chi connectivity index (χ0v) is 10.7. The highest BCUT2D eigenvalue weighted by Gasteiger charge is 2.16. The molecular formula is C14H20N2O2. The number of amides is 1. The molecule has 4 nitrogen and oxygen atoms in total. The Hall–Kier alpha value is -1.39. The van der Waals surface area contributed by atoms with Gasteiger partial charge in [0.2, 0.25) is 5.91 Å². The summed E-state index contributed by atoms with van der Waals surface area (Å²) in [4.78, 5) is 11.7. The normalized spacial score (nSPS) is 19.5. The molecule has 1 aromatic rings. The van der Waals surface area contributed by atoms with Gasteiger partial charge in [0, 0.05) is 19.6 Å². The predicted octanol–water partition coefficient (Wildman–Crippen LogP) is 0.990. The van der Waals surface area contributed by atoms with Gasteiger partial charge >= 0.3 is 0 Å². The van der Waals surface area contributed by atoms with Gasteiger partial charge in [-0.25, -0.2) is 0 Å².